The lowest BCUT2D eigenvalue weighted by Gasteiger charge is -2.13. The van der Waals surface area contributed by atoms with Gasteiger partial charge in [-0.1, -0.05) is 18.2 Å². The van der Waals surface area contributed by atoms with E-state index in [2.05, 4.69) is 26.2 Å². The van der Waals surface area contributed by atoms with Crippen LogP contribution < -0.4 is 10.7 Å². The van der Waals surface area contributed by atoms with Gasteiger partial charge in [-0.3, -0.25) is 9.59 Å². The Morgan fingerprint density at radius 2 is 2.00 bits per heavy atom. The van der Waals surface area contributed by atoms with Gasteiger partial charge in [-0.15, -0.1) is 0 Å². The van der Waals surface area contributed by atoms with Crippen molar-refractivity contribution >= 4 is 32.7 Å². The van der Waals surface area contributed by atoms with Gasteiger partial charge >= 0.3 is 0 Å². The first-order valence-corrected chi connectivity index (χ1v) is 7.85. The summed E-state index contributed by atoms with van der Waals surface area (Å²) in [5.41, 5.74) is 1.46. The highest BCUT2D eigenvalue weighted by Crippen LogP contribution is 2.14. The molecule has 0 bridgehead atoms. The van der Waals surface area contributed by atoms with Crippen molar-refractivity contribution in [2.24, 2.45) is 0 Å². The second-order valence-electron chi connectivity index (χ2n) is 5.05. The van der Waals surface area contributed by atoms with E-state index in [1.165, 1.54) is 7.05 Å². The Labute approximate surface area is 141 Å². The Morgan fingerprint density at radius 1 is 1.22 bits per heavy atom. The van der Waals surface area contributed by atoms with Gasteiger partial charge in [0, 0.05) is 18.6 Å². The molecule has 6 heteroatoms. The van der Waals surface area contributed by atoms with Crippen molar-refractivity contribution in [3.63, 3.8) is 0 Å². The number of amides is 1. The number of fused-ring (bicyclic) bond motifs is 1. The number of carbonyl (C=O) groups is 1. The van der Waals surface area contributed by atoms with Crippen LogP contribution in [0.5, 0.6) is 0 Å². The van der Waals surface area contributed by atoms with Gasteiger partial charge in [0.2, 0.25) is 5.43 Å². The average molecular weight is 372 g/mol. The molecule has 0 radical (unpaired) electrons. The zero-order valence-corrected chi connectivity index (χ0v) is 14.0. The summed E-state index contributed by atoms with van der Waals surface area (Å²) in [5.74, 6) is -0.392. The summed E-state index contributed by atoms with van der Waals surface area (Å²) < 4.78 is 2.61. The van der Waals surface area contributed by atoms with E-state index in [0.29, 0.717) is 11.9 Å². The van der Waals surface area contributed by atoms with Gasteiger partial charge in [-0.05, 0) is 40.2 Å². The molecule has 0 fully saturated rings. The van der Waals surface area contributed by atoms with Crippen molar-refractivity contribution in [3.8, 4) is 0 Å². The molecule has 2 heterocycles. The number of hydrogen-bond donors (Lipinski definition) is 1. The third kappa shape index (κ3) is 3.03. The second kappa shape index (κ2) is 6.34. The van der Waals surface area contributed by atoms with Crippen molar-refractivity contribution in [3.05, 3.63) is 74.7 Å². The van der Waals surface area contributed by atoms with Crippen LogP contribution in [0.3, 0.4) is 0 Å². The van der Waals surface area contributed by atoms with Gasteiger partial charge in [0.25, 0.3) is 5.91 Å². The maximum absolute atomic E-state index is 12.5. The molecule has 0 atom stereocenters. The molecule has 2 aromatic heterocycles. The number of nitrogens with one attached hydrogen (secondary N) is 1. The summed E-state index contributed by atoms with van der Waals surface area (Å²) in [6, 6.07) is 12.9. The third-order valence-electron chi connectivity index (χ3n) is 3.56. The number of halogens is 1. The Bertz CT molecular complexity index is 950. The number of para-hydroxylation sites is 1. The minimum Gasteiger partial charge on any atom is -0.355 e. The number of rotatable bonds is 3. The predicted octanol–water partition coefficient (Wildman–Crippen LogP) is 2.57. The van der Waals surface area contributed by atoms with E-state index in [9.17, 15) is 9.59 Å². The van der Waals surface area contributed by atoms with E-state index < -0.39 is 5.91 Å². The Morgan fingerprint density at radius 3 is 2.74 bits per heavy atom. The van der Waals surface area contributed by atoms with Crippen molar-refractivity contribution in [2.45, 2.75) is 6.54 Å². The minimum absolute atomic E-state index is 0.126. The highest BCUT2D eigenvalue weighted by molar-refractivity contribution is 9.10. The quantitative estimate of drug-likeness (QED) is 0.719. The number of nitrogens with zero attached hydrogens (tertiary/aromatic N) is 2. The van der Waals surface area contributed by atoms with Gasteiger partial charge in [0.05, 0.1) is 17.8 Å². The van der Waals surface area contributed by atoms with Crippen LogP contribution in [-0.2, 0) is 6.54 Å². The topological polar surface area (TPSA) is 64.0 Å². The van der Waals surface area contributed by atoms with E-state index in [-0.39, 0.29) is 11.0 Å². The highest BCUT2D eigenvalue weighted by Gasteiger charge is 2.14. The van der Waals surface area contributed by atoms with Gasteiger partial charge in [-0.2, -0.15) is 0 Å². The smallest absolute Gasteiger partial charge is 0.256 e. The first-order valence-electron chi connectivity index (χ1n) is 7.06. The predicted molar refractivity (Wildman–Crippen MR) is 92.6 cm³/mol. The molecule has 0 saturated carbocycles. The summed E-state index contributed by atoms with van der Waals surface area (Å²) in [6.07, 6.45) is 1.59. The van der Waals surface area contributed by atoms with Gasteiger partial charge in [-0.25, -0.2) is 4.98 Å². The van der Waals surface area contributed by atoms with Crippen LogP contribution in [0.1, 0.15) is 16.1 Å². The first kappa shape index (κ1) is 15.4. The van der Waals surface area contributed by atoms with Gasteiger partial charge in [0.1, 0.15) is 10.2 Å². The molecular weight excluding hydrogens is 358 g/mol. The monoisotopic (exact) mass is 371 g/mol. The van der Waals surface area contributed by atoms with Crippen LogP contribution in [-0.4, -0.2) is 22.5 Å². The van der Waals surface area contributed by atoms with Crippen LogP contribution in [0, 0.1) is 0 Å². The van der Waals surface area contributed by atoms with Crippen molar-refractivity contribution < 1.29 is 4.79 Å². The third-order valence-corrected chi connectivity index (χ3v) is 4.01. The average Bonchev–Trinajstić information content (AvgIpc) is 2.57. The molecule has 3 aromatic rings. The van der Waals surface area contributed by atoms with Crippen LogP contribution in [0.15, 0.2) is 58.1 Å². The van der Waals surface area contributed by atoms with E-state index in [4.69, 9.17) is 0 Å². The number of hydrogen-bond acceptors (Lipinski definition) is 3. The first-order chi connectivity index (χ1) is 11.1. The fraction of sp³-hybridized carbons (Fsp3) is 0.118. The van der Waals surface area contributed by atoms with Crippen LogP contribution in [0.2, 0.25) is 0 Å². The summed E-state index contributed by atoms with van der Waals surface area (Å²) >= 11 is 3.35. The fourth-order valence-electron chi connectivity index (χ4n) is 2.49. The molecule has 0 saturated heterocycles. The maximum atomic E-state index is 12.5. The molecule has 1 aromatic carbocycles. The second-order valence-corrected chi connectivity index (χ2v) is 5.86. The lowest BCUT2D eigenvalue weighted by Crippen LogP contribution is -2.27. The molecule has 0 aliphatic rings. The lowest BCUT2D eigenvalue weighted by atomic mass is 10.1. The van der Waals surface area contributed by atoms with Crippen molar-refractivity contribution in [2.75, 3.05) is 7.05 Å². The summed E-state index contributed by atoms with van der Waals surface area (Å²) in [5, 5.41) is 3.03. The Kier molecular flexibility index (Phi) is 4.25. The maximum Gasteiger partial charge on any atom is 0.256 e. The Hall–Kier alpha value is -2.47. The molecule has 1 amide bonds. The number of aromatic nitrogens is 2. The van der Waals surface area contributed by atoms with E-state index >= 15 is 0 Å². The summed E-state index contributed by atoms with van der Waals surface area (Å²) in [4.78, 5) is 28.9. The molecule has 3 rings (SSSR count). The van der Waals surface area contributed by atoms with Crippen LogP contribution >= 0.6 is 15.9 Å². The molecule has 0 aliphatic carbocycles. The largest absolute Gasteiger partial charge is 0.355 e. The molecule has 1 N–H and O–H groups in total. The molecular formula is C17H14BrN3O2. The SMILES string of the molecule is CNC(=O)c1cn(Cc2cccc(Br)n2)c2ccccc2c1=O. The molecule has 116 valence electrons. The molecule has 0 aliphatic heterocycles. The minimum atomic E-state index is -0.392. The summed E-state index contributed by atoms with van der Waals surface area (Å²) in [6.45, 7) is 0.463. The lowest BCUT2D eigenvalue weighted by molar-refractivity contribution is 0.0961. The van der Waals surface area contributed by atoms with Gasteiger partial charge in [0.15, 0.2) is 0 Å². The highest BCUT2D eigenvalue weighted by atomic mass is 79.9. The number of carbonyl (C=O) groups excluding carboxylic acids is 1. The molecule has 23 heavy (non-hydrogen) atoms. The normalized spacial score (nSPS) is 10.7. The van der Waals surface area contributed by atoms with Crippen molar-refractivity contribution in [1.82, 2.24) is 14.9 Å². The molecule has 0 unspecified atom stereocenters. The van der Waals surface area contributed by atoms with Crippen LogP contribution in [0.4, 0.5) is 0 Å². The van der Waals surface area contributed by atoms with E-state index in [0.717, 1.165) is 15.8 Å². The molecule has 0 spiro atoms. The standard InChI is InChI=1S/C17H14BrN3O2/c1-19-17(23)13-10-21(9-11-5-4-8-15(18)20-11)14-7-3-2-6-12(14)16(13)22/h2-8,10H,9H2,1H3,(H,19,23). The number of pyridine rings is 2. The Balaban J connectivity index is 2.21. The zero-order chi connectivity index (χ0) is 16.4. The van der Waals surface area contributed by atoms with Crippen LogP contribution in [0.25, 0.3) is 10.9 Å². The zero-order valence-electron chi connectivity index (χ0n) is 12.4. The molecule has 5 nitrogen and oxygen atoms in total. The van der Waals surface area contributed by atoms with Crippen molar-refractivity contribution in [1.29, 1.82) is 0 Å². The van der Waals surface area contributed by atoms with E-state index in [1.807, 2.05) is 34.9 Å². The van der Waals surface area contributed by atoms with E-state index in [1.54, 1.807) is 18.3 Å². The summed E-state index contributed by atoms with van der Waals surface area (Å²) in [7, 11) is 1.51. The fourth-order valence-corrected chi connectivity index (χ4v) is 2.87. The number of benzene rings is 1. The van der Waals surface area contributed by atoms with Gasteiger partial charge < -0.3 is 9.88 Å².